The lowest BCUT2D eigenvalue weighted by Crippen LogP contribution is -2.49. The van der Waals surface area contributed by atoms with Crippen molar-refractivity contribution in [3.05, 3.63) is 69.8 Å². The third-order valence-corrected chi connectivity index (χ3v) is 4.51. The molecule has 1 aliphatic rings. The Hall–Kier alpha value is -3.26. The third kappa shape index (κ3) is 4.29. The second kappa shape index (κ2) is 7.96. The number of hydrogen-bond acceptors (Lipinski definition) is 6. The zero-order valence-electron chi connectivity index (χ0n) is 14.8. The molecular formula is C19H19N3O5. The SMILES string of the molecule is COC(=O)[C@@H]1Cc2ccccc2CN1CC(=O)Nc1cccc([N+](=O)[O-])c1. The van der Waals surface area contributed by atoms with Crippen molar-refractivity contribution in [3.8, 4) is 0 Å². The number of carbonyl (C=O) groups excluding carboxylic acids is 2. The van der Waals surface area contributed by atoms with Gasteiger partial charge in [-0.3, -0.25) is 24.6 Å². The van der Waals surface area contributed by atoms with Crippen LogP contribution in [0.4, 0.5) is 11.4 Å². The minimum Gasteiger partial charge on any atom is -0.468 e. The van der Waals surface area contributed by atoms with Crippen molar-refractivity contribution < 1.29 is 19.2 Å². The van der Waals surface area contributed by atoms with Gasteiger partial charge in [0, 0.05) is 24.4 Å². The van der Waals surface area contributed by atoms with Crippen LogP contribution in [0.5, 0.6) is 0 Å². The summed E-state index contributed by atoms with van der Waals surface area (Å²) in [4.78, 5) is 36.7. The summed E-state index contributed by atoms with van der Waals surface area (Å²) in [5.41, 5.74) is 2.34. The summed E-state index contributed by atoms with van der Waals surface area (Å²) >= 11 is 0. The zero-order valence-corrected chi connectivity index (χ0v) is 14.8. The fourth-order valence-corrected chi connectivity index (χ4v) is 3.19. The number of carbonyl (C=O) groups is 2. The molecule has 0 fully saturated rings. The predicted octanol–water partition coefficient (Wildman–Crippen LogP) is 2.13. The summed E-state index contributed by atoms with van der Waals surface area (Å²) in [5.74, 6) is -0.753. The van der Waals surface area contributed by atoms with Crippen LogP contribution in [-0.2, 0) is 27.3 Å². The lowest BCUT2D eigenvalue weighted by molar-refractivity contribution is -0.384. The molecule has 8 nitrogen and oxygen atoms in total. The molecule has 0 spiro atoms. The topological polar surface area (TPSA) is 102 Å². The smallest absolute Gasteiger partial charge is 0.323 e. The van der Waals surface area contributed by atoms with Crippen molar-refractivity contribution in [3.63, 3.8) is 0 Å². The Balaban J connectivity index is 1.74. The molecule has 1 amide bonds. The Morgan fingerprint density at radius 3 is 2.67 bits per heavy atom. The monoisotopic (exact) mass is 369 g/mol. The van der Waals surface area contributed by atoms with Crippen LogP contribution >= 0.6 is 0 Å². The molecule has 2 aromatic carbocycles. The molecule has 0 saturated heterocycles. The highest BCUT2D eigenvalue weighted by atomic mass is 16.6. The van der Waals surface area contributed by atoms with E-state index in [1.165, 1.54) is 25.3 Å². The molecule has 0 bridgehead atoms. The summed E-state index contributed by atoms with van der Waals surface area (Å²) in [6.07, 6.45) is 0.465. The van der Waals surface area contributed by atoms with E-state index in [2.05, 4.69) is 5.32 Å². The van der Waals surface area contributed by atoms with Crippen LogP contribution in [0.2, 0.25) is 0 Å². The van der Waals surface area contributed by atoms with Gasteiger partial charge >= 0.3 is 5.97 Å². The lowest BCUT2D eigenvalue weighted by Gasteiger charge is -2.34. The third-order valence-electron chi connectivity index (χ3n) is 4.51. The summed E-state index contributed by atoms with van der Waals surface area (Å²) in [7, 11) is 1.32. The van der Waals surface area contributed by atoms with Crippen molar-refractivity contribution in [2.24, 2.45) is 0 Å². The van der Waals surface area contributed by atoms with E-state index in [-0.39, 0.29) is 18.1 Å². The van der Waals surface area contributed by atoms with Gasteiger partial charge in [-0.1, -0.05) is 30.3 Å². The number of hydrogen-bond donors (Lipinski definition) is 1. The predicted molar refractivity (Wildman–Crippen MR) is 98.1 cm³/mol. The highest BCUT2D eigenvalue weighted by Crippen LogP contribution is 2.24. The van der Waals surface area contributed by atoms with Crippen LogP contribution in [0.3, 0.4) is 0 Å². The minimum absolute atomic E-state index is 0.0310. The molecule has 2 aromatic rings. The number of benzene rings is 2. The Morgan fingerprint density at radius 1 is 1.22 bits per heavy atom. The number of esters is 1. The van der Waals surface area contributed by atoms with E-state index in [0.29, 0.717) is 18.7 Å². The first-order valence-electron chi connectivity index (χ1n) is 8.41. The normalized spacial score (nSPS) is 16.3. The molecule has 27 heavy (non-hydrogen) atoms. The highest BCUT2D eigenvalue weighted by molar-refractivity contribution is 5.93. The van der Waals surface area contributed by atoms with E-state index in [4.69, 9.17) is 4.74 Å². The van der Waals surface area contributed by atoms with E-state index < -0.39 is 16.9 Å². The maximum atomic E-state index is 12.5. The highest BCUT2D eigenvalue weighted by Gasteiger charge is 2.33. The number of anilines is 1. The Morgan fingerprint density at radius 2 is 1.96 bits per heavy atom. The zero-order chi connectivity index (χ0) is 19.4. The minimum atomic E-state index is -0.555. The average molecular weight is 369 g/mol. The molecule has 140 valence electrons. The molecule has 1 N–H and O–H groups in total. The lowest BCUT2D eigenvalue weighted by atomic mass is 9.94. The molecule has 0 unspecified atom stereocenters. The van der Waals surface area contributed by atoms with E-state index in [0.717, 1.165) is 11.1 Å². The first-order valence-corrected chi connectivity index (χ1v) is 8.41. The van der Waals surface area contributed by atoms with Crippen molar-refractivity contribution in [2.75, 3.05) is 19.0 Å². The number of fused-ring (bicyclic) bond motifs is 1. The number of non-ortho nitro benzene ring substituents is 1. The number of amides is 1. The van der Waals surface area contributed by atoms with Gasteiger partial charge in [-0.15, -0.1) is 0 Å². The molecule has 8 heteroatoms. The maximum Gasteiger partial charge on any atom is 0.323 e. The number of nitro groups is 1. The van der Waals surface area contributed by atoms with Gasteiger partial charge in [0.1, 0.15) is 6.04 Å². The number of rotatable bonds is 5. The van der Waals surface area contributed by atoms with Gasteiger partial charge in [-0.05, 0) is 23.6 Å². The molecule has 1 aliphatic heterocycles. The number of methoxy groups -OCH3 is 1. The van der Waals surface area contributed by atoms with Crippen LogP contribution in [-0.4, -0.2) is 41.4 Å². The first-order chi connectivity index (χ1) is 13.0. The number of ether oxygens (including phenoxy) is 1. The summed E-state index contributed by atoms with van der Waals surface area (Å²) in [6, 6.07) is 12.9. The van der Waals surface area contributed by atoms with Crippen molar-refractivity contribution in [2.45, 2.75) is 19.0 Å². The quantitative estimate of drug-likeness (QED) is 0.492. The Bertz CT molecular complexity index is 883. The van der Waals surface area contributed by atoms with Crippen LogP contribution < -0.4 is 5.32 Å². The number of nitro benzene ring substituents is 1. The molecule has 0 radical (unpaired) electrons. The van der Waals surface area contributed by atoms with Gasteiger partial charge < -0.3 is 10.1 Å². The first kappa shape index (κ1) is 18.5. The van der Waals surface area contributed by atoms with E-state index in [1.807, 2.05) is 24.3 Å². The Kier molecular flexibility index (Phi) is 5.46. The van der Waals surface area contributed by atoms with Gasteiger partial charge in [-0.2, -0.15) is 0 Å². The summed E-state index contributed by atoms with van der Waals surface area (Å²) < 4.78 is 4.89. The summed E-state index contributed by atoms with van der Waals surface area (Å²) in [5, 5.41) is 13.5. The van der Waals surface area contributed by atoms with Gasteiger partial charge in [0.25, 0.3) is 5.69 Å². The molecular weight excluding hydrogens is 350 g/mol. The number of nitrogens with one attached hydrogen (secondary N) is 1. The summed E-state index contributed by atoms with van der Waals surface area (Å²) in [6.45, 7) is 0.412. The van der Waals surface area contributed by atoms with Gasteiger partial charge in [-0.25, -0.2) is 0 Å². The van der Waals surface area contributed by atoms with Crippen molar-refractivity contribution in [1.29, 1.82) is 0 Å². The van der Waals surface area contributed by atoms with E-state index in [1.54, 1.807) is 11.0 Å². The van der Waals surface area contributed by atoms with Crippen LogP contribution in [0.25, 0.3) is 0 Å². The van der Waals surface area contributed by atoms with Gasteiger partial charge in [0.2, 0.25) is 5.91 Å². The standard InChI is InChI=1S/C19H19N3O5/c1-27-19(24)17-9-13-5-2-3-6-14(13)11-21(17)12-18(23)20-15-7-4-8-16(10-15)22(25)26/h2-8,10,17H,9,11-12H2,1H3,(H,20,23)/t17-/m0/s1. The van der Waals surface area contributed by atoms with Gasteiger partial charge in [0.15, 0.2) is 0 Å². The molecule has 1 atom stereocenters. The van der Waals surface area contributed by atoms with Gasteiger partial charge in [0.05, 0.1) is 18.6 Å². The number of nitrogens with zero attached hydrogens (tertiary/aromatic N) is 2. The fraction of sp³-hybridized carbons (Fsp3) is 0.263. The molecule has 0 aliphatic carbocycles. The van der Waals surface area contributed by atoms with E-state index >= 15 is 0 Å². The molecule has 0 aromatic heterocycles. The van der Waals surface area contributed by atoms with Crippen molar-refractivity contribution >= 4 is 23.3 Å². The second-order valence-corrected chi connectivity index (χ2v) is 6.27. The fourth-order valence-electron chi connectivity index (χ4n) is 3.19. The molecule has 0 saturated carbocycles. The maximum absolute atomic E-state index is 12.5. The van der Waals surface area contributed by atoms with Crippen LogP contribution in [0.1, 0.15) is 11.1 Å². The van der Waals surface area contributed by atoms with Crippen LogP contribution in [0, 0.1) is 10.1 Å². The van der Waals surface area contributed by atoms with Crippen LogP contribution in [0.15, 0.2) is 48.5 Å². The second-order valence-electron chi connectivity index (χ2n) is 6.27. The molecule has 3 rings (SSSR count). The largest absolute Gasteiger partial charge is 0.468 e. The molecule has 1 heterocycles. The Labute approximate surface area is 155 Å². The van der Waals surface area contributed by atoms with Crippen molar-refractivity contribution in [1.82, 2.24) is 4.90 Å². The van der Waals surface area contributed by atoms with E-state index in [9.17, 15) is 19.7 Å². The average Bonchev–Trinajstić information content (AvgIpc) is 2.67.